The van der Waals surface area contributed by atoms with Crippen molar-refractivity contribution in [2.45, 2.75) is 12.5 Å². The molecule has 0 bridgehead atoms. The molecule has 1 saturated heterocycles. The number of rotatable bonds is 2. The predicted octanol–water partition coefficient (Wildman–Crippen LogP) is 1.14. The van der Waals surface area contributed by atoms with Crippen molar-refractivity contribution in [2.24, 2.45) is 0 Å². The minimum Gasteiger partial charge on any atom is -0.378 e. The van der Waals surface area contributed by atoms with Crippen molar-refractivity contribution >= 4 is 5.95 Å². The average molecular weight is 286 g/mol. The lowest BCUT2D eigenvalue weighted by molar-refractivity contribution is 0.121. The molecule has 0 aliphatic carbocycles. The molecule has 0 radical (unpaired) electrons. The summed E-state index contributed by atoms with van der Waals surface area (Å²) in [5.41, 5.74) is 2.59. The highest BCUT2D eigenvalue weighted by molar-refractivity contribution is 5.37. The lowest BCUT2D eigenvalue weighted by atomic mass is 9.94. The molecule has 1 fully saturated rings. The van der Waals surface area contributed by atoms with Gasteiger partial charge in [0.15, 0.2) is 0 Å². The van der Waals surface area contributed by atoms with E-state index in [1.54, 1.807) is 0 Å². The number of morpholine rings is 1. The van der Waals surface area contributed by atoms with Gasteiger partial charge in [0.05, 0.1) is 13.2 Å². The van der Waals surface area contributed by atoms with Gasteiger partial charge in [-0.3, -0.25) is 0 Å². The molecule has 6 nitrogen and oxygen atoms in total. The Kier molecular flexibility index (Phi) is 3.33. The number of nitrogens with zero attached hydrogens (tertiary/aromatic N) is 3. The van der Waals surface area contributed by atoms with E-state index in [9.17, 15) is 0 Å². The fourth-order valence-corrected chi connectivity index (χ4v) is 2.96. The van der Waals surface area contributed by atoms with E-state index < -0.39 is 0 Å². The van der Waals surface area contributed by atoms with Gasteiger partial charge in [-0.25, -0.2) is 0 Å². The first-order valence-corrected chi connectivity index (χ1v) is 7.39. The molecule has 1 N–H and O–H groups in total. The number of hydrogen-bond donors (Lipinski definition) is 1. The third-order valence-electron chi connectivity index (χ3n) is 4.08. The molecular weight excluding hydrogens is 268 g/mol. The number of hydrogen-bond acceptors (Lipinski definition) is 6. The average Bonchev–Trinajstić information content (AvgIpc) is 3.05. The molecular formula is C15H18N4O2. The fourth-order valence-electron chi connectivity index (χ4n) is 2.96. The number of ether oxygens (including phenoxy) is 1. The van der Waals surface area contributed by atoms with Gasteiger partial charge in [0.2, 0.25) is 5.89 Å². The van der Waals surface area contributed by atoms with E-state index in [1.807, 2.05) is 0 Å². The zero-order valence-corrected chi connectivity index (χ0v) is 11.8. The first-order chi connectivity index (χ1) is 10.4. The molecule has 21 heavy (non-hydrogen) atoms. The van der Waals surface area contributed by atoms with E-state index >= 15 is 0 Å². The Labute approximate surface area is 123 Å². The van der Waals surface area contributed by atoms with E-state index in [0.29, 0.717) is 25.1 Å². The lowest BCUT2D eigenvalue weighted by Gasteiger charge is -2.25. The summed E-state index contributed by atoms with van der Waals surface area (Å²) in [6, 6.07) is 8.43. The normalized spacial score (nSPS) is 22.1. The van der Waals surface area contributed by atoms with Crippen molar-refractivity contribution in [3.63, 3.8) is 0 Å². The highest BCUT2D eigenvalue weighted by Gasteiger charge is 2.27. The van der Waals surface area contributed by atoms with Gasteiger partial charge >= 0.3 is 0 Å². The van der Waals surface area contributed by atoms with Crippen molar-refractivity contribution in [1.82, 2.24) is 15.5 Å². The SMILES string of the molecule is c1ccc2c(c1)CCNC2c1nc(N2CCOCC2)no1. The molecule has 1 aromatic carbocycles. The Morgan fingerprint density at radius 2 is 2.05 bits per heavy atom. The molecule has 1 atom stereocenters. The van der Waals surface area contributed by atoms with Crippen LogP contribution in [0.4, 0.5) is 5.95 Å². The van der Waals surface area contributed by atoms with Gasteiger partial charge in [-0.05, 0) is 22.7 Å². The van der Waals surface area contributed by atoms with Crippen LogP contribution in [-0.2, 0) is 11.2 Å². The summed E-state index contributed by atoms with van der Waals surface area (Å²) >= 11 is 0. The molecule has 4 rings (SSSR count). The Bertz CT molecular complexity index is 622. The maximum absolute atomic E-state index is 5.51. The summed E-state index contributed by atoms with van der Waals surface area (Å²) in [6.45, 7) is 3.99. The standard InChI is InChI=1S/C15H18N4O2/c1-2-4-12-11(3-1)5-6-16-13(12)14-17-15(18-21-14)19-7-9-20-10-8-19/h1-4,13,16H,5-10H2. The largest absolute Gasteiger partial charge is 0.378 e. The topological polar surface area (TPSA) is 63.4 Å². The molecule has 110 valence electrons. The van der Waals surface area contributed by atoms with Crippen LogP contribution in [0, 0.1) is 0 Å². The van der Waals surface area contributed by atoms with E-state index in [0.717, 1.165) is 26.1 Å². The van der Waals surface area contributed by atoms with Gasteiger partial charge < -0.3 is 19.5 Å². The van der Waals surface area contributed by atoms with E-state index in [1.165, 1.54) is 11.1 Å². The molecule has 3 heterocycles. The summed E-state index contributed by atoms with van der Waals surface area (Å²) in [7, 11) is 0. The van der Waals surface area contributed by atoms with Crippen LogP contribution < -0.4 is 10.2 Å². The van der Waals surface area contributed by atoms with Crippen molar-refractivity contribution < 1.29 is 9.26 Å². The van der Waals surface area contributed by atoms with Gasteiger partial charge in [0, 0.05) is 19.6 Å². The smallest absolute Gasteiger partial charge is 0.266 e. The summed E-state index contributed by atoms with van der Waals surface area (Å²) in [5.74, 6) is 1.31. The van der Waals surface area contributed by atoms with Crippen molar-refractivity contribution in [3.8, 4) is 0 Å². The van der Waals surface area contributed by atoms with Crippen LogP contribution in [0.1, 0.15) is 23.1 Å². The second-order valence-electron chi connectivity index (χ2n) is 5.37. The summed E-state index contributed by atoms with van der Waals surface area (Å²) in [4.78, 5) is 6.69. The number of benzene rings is 1. The number of fused-ring (bicyclic) bond motifs is 1. The van der Waals surface area contributed by atoms with Crippen LogP contribution in [-0.4, -0.2) is 43.0 Å². The maximum atomic E-state index is 5.51. The molecule has 0 amide bonds. The highest BCUT2D eigenvalue weighted by Crippen LogP contribution is 2.28. The minimum absolute atomic E-state index is 0.00256. The fraction of sp³-hybridized carbons (Fsp3) is 0.467. The van der Waals surface area contributed by atoms with Gasteiger partial charge in [0.1, 0.15) is 6.04 Å². The van der Waals surface area contributed by atoms with Crippen molar-refractivity contribution in [2.75, 3.05) is 37.7 Å². The first kappa shape index (κ1) is 12.8. The monoisotopic (exact) mass is 286 g/mol. The molecule has 2 aliphatic rings. The van der Waals surface area contributed by atoms with Crippen molar-refractivity contribution in [1.29, 1.82) is 0 Å². The molecule has 2 aliphatic heterocycles. The summed E-state index contributed by atoms with van der Waals surface area (Å²) in [5, 5.41) is 7.60. The summed E-state index contributed by atoms with van der Waals surface area (Å²) in [6.07, 6.45) is 1.04. The summed E-state index contributed by atoms with van der Waals surface area (Å²) < 4.78 is 10.9. The van der Waals surface area contributed by atoms with Crippen LogP contribution in [0.15, 0.2) is 28.8 Å². The molecule has 1 unspecified atom stereocenters. The third kappa shape index (κ3) is 2.41. The molecule has 6 heteroatoms. The molecule has 1 aromatic heterocycles. The highest BCUT2D eigenvalue weighted by atomic mass is 16.5. The first-order valence-electron chi connectivity index (χ1n) is 7.39. The maximum Gasteiger partial charge on any atom is 0.266 e. The van der Waals surface area contributed by atoms with Gasteiger partial charge in [0.25, 0.3) is 5.95 Å². The predicted molar refractivity (Wildman–Crippen MR) is 77.3 cm³/mol. The van der Waals surface area contributed by atoms with Gasteiger partial charge in [-0.2, -0.15) is 4.98 Å². The van der Waals surface area contributed by atoms with E-state index in [2.05, 4.69) is 44.6 Å². The molecule has 0 saturated carbocycles. The Morgan fingerprint density at radius 3 is 2.95 bits per heavy atom. The zero-order valence-electron chi connectivity index (χ0n) is 11.8. The van der Waals surface area contributed by atoms with Gasteiger partial charge in [-0.1, -0.05) is 24.3 Å². The van der Waals surface area contributed by atoms with Crippen LogP contribution >= 0.6 is 0 Å². The zero-order chi connectivity index (χ0) is 14.1. The Hall–Kier alpha value is -1.92. The van der Waals surface area contributed by atoms with Crippen LogP contribution in [0.5, 0.6) is 0 Å². The minimum atomic E-state index is -0.00256. The Balaban J connectivity index is 1.61. The van der Waals surface area contributed by atoms with Crippen LogP contribution in [0.3, 0.4) is 0 Å². The quantitative estimate of drug-likeness (QED) is 0.893. The molecule has 0 spiro atoms. The second kappa shape index (κ2) is 5.46. The van der Waals surface area contributed by atoms with E-state index in [-0.39, 0.29) is 6.04 Å². The second-order valence-corrected chi connectivity index (χ2v) is 5.37. The van der Waals surface area contributed by atoms with Crippen molar-refractivity contribution in [3.05, 3.63) is 41.3 Å². The molecule has 2 aromatic rings. The van der Waals surface area contributed by atoms with Gasteiger partial charge in [-0.15, -0.1) is 0 Å². The van der Waals surface area contributed by atoms with Crippen LogP contribution in [0.25, 0.3) is 0 Å². The Morgan fingerprint density at radius 1 is 1.19 bits per heavy atom. The number of aromatic nitrogens is 2. The lowest BCUT2D eigenvalue weighted by Crippen LogP contribution is -2.37. The number of nitrogens with one attached hydrogen (secondary N) is 1. The third-order valence-corrected chi connectivity index (χ3v) is 4.08. The number of anilines is 1. The van der Waals surface area contributed by atoms with Crippen LogP contribution in [0.2, 0.25) is 0 Å². The van der Waals surface area contributed by atoms with E-state index in [4.69, 9.17) is 9.26 Å².